The van der Waals surface area contributed by atoms with Crippen molar-refractivity contribution in [3.8, 4) is 0 Å². The van der Waals surface area contributed by atoms with Crippen molar-refractivity contribution in [1.82, 2.24) is 5.32 Å². The zero-order chi connectivity index (χ0) is 14.5. The van der Waals surface area contributed by atoms with E-state index in [1.54, 1.807) is 0 Å². The van der Waals surface area contributed by atoms with Crippen molar-refractivity contribution in [2.24, 2.45) is 5.92 Å². The van der Waals surface area contributed by atoms with E-state index in [2.05, 4.69) is 55.5 Å². The van der Waals surface area contributed by atoms with Gasteiger partial charge in [0.2, 0.25) is 0 Å². The van der Waals surface area contributed by atoms with E-state index in [0.29, 0.717) is 24.6 Å². The van der Waals surface area contributed by atoms with E-state index in [1.807, 2.05) is 0 Å². The normalized spacial score (nSPS) is 24.4. The number of aliphatic hydroxyl groups is 1. The van der Waals surface area contributed by atoms with Crippen molar-refractivity contribution in [2.75, 3.05) is 25.6 Å². The Kier molecular flexibility index (Phi) is 5.44. The minimum atomic E-state index is 0.353. The molecule has 0 saturated heterocycles. The van der Waals surface area contributed by atoms with Crippen LogP contribution >= 0.6 is 0 Å². The van der Waals surface area contributed by atoms with Gasteiger partial charge in [-0.1, -0.05) is 18.2 Å². The monoisotopic (exact) mass is 276 g/mol. The van der Waals surface area contributed by atoms with Crippen LogP contribution in [0.25, 0.3) is 0 Å². The van der Waals surface area contributed by atoms with Crippen molar-refractivity contribution in [1.29, 1.82) is 0 Å². The van der Waals surface area contributed by atoms with E-state index < -0.39 is 0 Å². The number of benzene rings is 1. The molecule has 1 aliphatic carbocycles. The minimum absolute atomic E-state index is 0.353. The molecule has 112 valence electrons. The van der Waals surface area contributed by atoms with Gasteiger partial charge in [0, 0.05) is 38.5 Å². The number of rotatable bonds is 5. The van der Waals surface area contributed by atoms with Gasteiger partial charge >= 0.3 is 0 Å². The van der Waals surface area contributed by atoms with Crippen LogP contribution in [0.3, 0.4) is 0 Å². The average Bonchev–Trinajstić information content (AvgIpc) is 2.48. The zero-order valence-corrected chi connectivity index (χ0v) is 13.0. The summed E-state index contributed by atoms with van der Waals surface area (Å²) in [5.74, 6) is 0.525. The molecule has 0 aromatic heterocycles. The Hall–Kier alpha value is -1.06. The lowest BCUT2D eigenvalue weighted by Gasteiger charge is -2.31. The van der Waals surface area contributed by atoms with E-state index >= 15 is 0 Å². The van der Waals surface area contributed by atoms with Crippen LogP contribution in [0.15, 0.2) is 24.3 Å². The fourth-order valence-electron chi connectivity index (χ4n) is 3.22. The van der Waals surface area contributed by atoms with Crippen molar-refractivity contribution >= 4 is 5.69 Å². The smallest absolute Gasteiger partial charge is 0.0459 e. The fourth-order valence-corrected chi connectivity index (χ4v) is 3.22. The zero-order valence-electron chi connectivity index (χ0n) is 13.0. The van der Waals surface area contributed by atoms with Gasteiger partial charge in [0.1, 0.15) is 0 Å². The van der Waals surface area contributed by atoms with Gasteiger partial charge in [-0.25, -0.2) is 0 Å². The Bertz CT molecular complexity index is 411. The van der Waals surface area contributed by atoms with E-state index in [0.717, 1.165) is 12.8 Å². The summed E-state index contributed by atoms with van der Waals surface area (Å²) in [7, 11) is 4.19. The van der Waals surface area contributed by atoms with Crippen molar-refractivity contribution in [3.05, 3.63) is 29.8 Å². The highest BCUT2D eigenvalue weighted by Crippen LogP contribution is 2.28. The number of hydrogen-bond acceptors (Lipinski definition) is 3. The molecule has 0 spiro atoms. The first-order valence-electron chi connectivity index (χ1n) is 7.75. The summed E-state index contributed by atoms with van der Waals surface area (Å²) in [4.78, 5) is 2.18. The SMILES string of the molecule is C[C@H](NC1CCC(CO)CC1)c1ccccc1N(C)C. The summed E-state index contributed by atoms with van der Waals surface area (Å²) >= 11 is 0. The summed E-state index contributed by atoms with van der Waals surface area (Å²) in [5.41, 5.74) is 2.65. The minimum Gasteiger partial charge on any atom is -0.396 e. The second-order valence-electron chi connectivity index (χ2n) is 6.24. The highest BCUT2D eigenvalue weighted by Gasteiger charge is 2.22. The van der Waals surface area contributed by atoms with Crippen molar-refractivity contribution < 1.29 is 5.11 Å². The Morgan fingerprint density at radius 3 is 2.45 bits per heavy atom. The molecule has 1 aromatic carbocycles. The van der Waals surface area contributed by atoms with Crippen LogP contribution < -0.4 is 10.2 Å². The first-order valence-corrected chi connectivity index (χ1v) is 7.75. The molecule has 2 rings (SSSR count). The Morgan fingerprint density at radius 1 is 1.20 bits per heavy atom. The molecule has 0 bridgehead atoms. The highest BCUT2D eigenvalue weighted by atomic mass is 16.3. The van der Waals surface area contributed by atoms with Gasteiger partial charge < -0.3 is 15.3 Å². The number of hydrogen-bond donors (Lipinski definition) is 2. The average molecular weight is 276 g/mol. The standard InChI is InChI=1S/C17H28N2O/c1-13(16-6-4-5-7-17(16)19(2)3)18-15-10-8-14(12-20)9-11-15/h4-7,13-15,18,20H,8-12H2,1-3H3/t13-,14?,15?/m0/s1. The maximum absolute atomic E-state index is 9.21. The molecule has 3 heteroatoms. The predicted molar refractivity (Wildman–Crippen MR) is 85.2 cm³/mol. The third kappa shape index (κ3) is 3.74. The third-order valence-corrected chi connectivity index (χ3v) is 4.48. The van der Waals surface area contributed by atoms with Gasteiger partial charge in [-0.05, 0) is 50.2 Å². The first-order chi connectivity index (χ1) is 9.61. The molecule has 3 nitrogen and oxygen atoms in total. The molecule has 1 atom stereocenters. The summed E-state index contributed by atoms with van der Waals surface area (Å²) in [6, 6.07) is 9.55. The van der Waals surface area contributed by atoms with Gasteiger partial charge in [-0.3, -0.25) is 0 Å². The quantitative estimate of drug-likeness (QED) is 0.868. The molecule has 1 aromatic rings. The first kappa shape index (κ1) is 15.3. The van der Waals surface area contributed by atoms with E-state index in [9.17, 15) is 5.11 Å². The van der Waals surface area contributed by atoms with Gasteiger partial charge in [0.25, 0.3) is 0 Å². The van der Waals surface area contributed by atoms with Crippen LogP contribution in [0.4, 0.5) is 5.69 Å². The highest BCUT2D eigenvalue weighted by molar-refractivity contribution is 5.53. The molecule has 0 heterocycles. The maximum Gasteiger partial charge on any atom is 0.0459 e. The largest absolute Gasteiger partial charge is 0.396 e. The molecular formula is C17H28N2O. The summed E-state index contributed by atoms with van der Waals surface area (Å²) in [6.07, 6.45) is 4.66. The number of aliphatic hydroxyl groups excluding tert-OH is 1. The lowest BCUT2D eigenvalue weighted by Crippen LogP contribution is -2.36. The molecule has 0 unspecified atom stereocenters. The second kappa shape index (κ2) is 7.09. The van der Waals surface area contributed by atoms with E-state index in [1.165, 1.54) is 24.1 Å². The van der Waals surface area contributed by atoms with Crippen LogP contribution in [0, 0.1) is 5.92 Å². The third-order valence-electron chi connectivity index (χ3n) is 4.48. The molecule has 1 aliphatic rings. The second-order valence-corrected chi connectivity index (χ2v) is 6.24. The van der Waals surface area contributed by atoms with Gasteiger partial charge in [-0.15, -0.1) is 0 Å². The molecule has 20 heavy (non-hydrogen) atoms. The molecule has 2 N–H and O–H groups in total. The van der Waals surface area contributed by atoms with Gasteiger partial charge in [0.05, 0.1) is 0 Å². The summed E-state index contributed by atoms with van der Waals surface area (Å²) in [5, 5.41) is 13.0. The lowest BCUT2D eigenvalue weighted by molar-refractivity contribution is 0.172. The predicted octanol–water partition coefficient (Wildman–Crippen LogP) is 2.95. The Morgan fingerprint density at radius 2 is 1.85 bits per heavy atom. The molecule has 0 aliphatic heterocycles. The van der Waals surface area contributed by atoms with Crippen LogP contribution in [0.5, 0.6) is 0 Å². The van der Waals surface area contributed by atoms with Gasteiger partial charge in [0.15, 0.2) is 0 Å². The van der Waals surface area contributed by atoms with Crippen molar-refractivity contribution in [2.45, 2.75) is 44.7 Å². The molecule has 0 radical (unpaired) electrons. The maximum atomic E-state index is 9.21. The fraction of sp³-hybridized carbons (Fsp3) is 0.647. The molecule has 1 fully saturated rings. The van der Waals surface area contributed by atoms with Gasteiger partial charge in [-0.2, -0.15) is 0 Å². The number of anilines is 1. The number of nitrogens with one attached hydrogen (secondary N) is 1. The van der Waals surface area contributed by atoms with Crippen LogP contribution in [-0.4, -0.2) is 31.9 Å². The lowest BCUT2D eigenvalue weighted by atomic mass is 9.86. The number of nitrogens with zero attached hydrogens (tertiary/aromatic N) is 1. The van der Waals surface area contributed by atoms with E-state index in [-0.39, 0.29) is 0 Å². The summed E-state index contributed by atoms with van der Waals surface area (Å²) in [6.45, 7) is 2.60. The molecule has 1 saturated carbocycles. The topological polar surface area (TPSA) is 35.5 Å². The van der Waals surface area contributed by atoms with E-state index in [4.69, 9.17) is 0 Å². The number of para-hydroxylation sites is 1. The Labute approximate surface area is 123 Å². The molecule has 0 amide bonds. The summed E-state index contributed by atoms with van der Waals surface area (Å²) < 4.78 is 0. The van der Waals surface area contributed by atoms with Crippen LogP contribution in [0.2, 0.25) is 0 Å². The molecular weight excluding hydrogens is 248 g/mol. The van der Waals surface area contributed by atoms with Crippen molar-refractivity contribution in [3.63, 3.8) is 0 Å². The Balaban J connectivity index is 1.97. The van der Waals surface area contributed by atoms with Crippen LogP contribution in [-0.2, 0) is 0 Å². The van der Waals surface area contributed by atoms with Crippen LogP contribution in [0.1, 0.15) is 44.2 Å².